The van der Waals surface area contributed by atoms with Gasteiger partial charge in [0.15, 0.2) is 0 Å². The van der Waals surface area contributed by atoms with Crippen LogP contribution >= 0.6 is 24.0 Å². The Morgan fingerprint density at radius 1 is 1.03 bits per heavy atom. The van der Waals surface area contributed by atoms with Gasteiger partial charge in [-0.2, -0.15) is 0 Å². The molecule has 2 N–H and O–H groups in total. The summed E-state index contributed by atoms with van der Waals surface area (Å²) in [5.74, 6) is -1.03. The third kappa shape index (κ3) is 6.96. The predicted molar refractivity (Wildman–Crippen MR) is 133 cm³/mol. The lowest BCUT2D eigenvalue weighted by molar-refractivity contribution is -0.384. The third-order valence-electron chi connectivity index (χ3n) is 4.91. The van der Waals surface area contributed by atoms with Gasteiger partial charge in [-0.25, -0.2) is 0 Å². The van der Waals surface area contributed by atoms with Crippen molar-refractivity contribution in [3.05, 3.63) is 80.7 Å². The molecule has 1 aliphatic rings. The first-order valence-electron chi connectivity index (χ1n) is 10.5. The van der Waals surface area contributed by atoms with Gasteiger partial charge in [0.05, 0.1) is 9.83 Å². The first kappa shape index (κ1) is 25.1. The van der Waals surface area contributed by atoms with Crippen molar-refractivity contribution in [1.82, 2.24) is 15.8 Å². The molecule has 0 radical (unpaired) electrons. The van der Waals surface area contributed by atoms with Crippen LogP contribution in [0.4, 0.5) is 5.69 Å². The molecule has 2 aromatic carbocycles. The standard InChI is InChI=1S/C23H22N4O5S2/c28-20(24-25-21(29)17-10-12-18(13-11-17)27(31)32)9-5-2-6-14-26-22(30)19(34-23(26)33)15-16-7-3-1-4-8-16/h1,3-4,7-8,10-13,15H,2,5-6,9,14H2,(H,24,28)(H,25,29). The first-order valence-corrected chi connectivity index (χ1v) is 11.7. The van der Waals surface area contributed by atoms with Gasteiger partial charge >= 0.3 is 0 Å². The molecule has 0 saturated carbocycles. The van der Waals surface area contributed by atoms with Crippen molar-refractivity contribution in [3.8, 4) is 0 Å². The van der Waals surface area contributed by atoms with Gasteiger partial charge in [-0.1, -0.05) is 60.7 Å². The average Bonchev–Trinajstić information content (AvgIpc) is 3.10. The molecule has 1 heterocycles. The van der Waals surface area contributed by atoms with Crippen LogP contribution in [0.3, 0.4) is 0 Å². The van der Waals surface area contributed by atoms with Crippen LogP contribution in [-0.2, 0) is 9.59 Å². The number of nitrogens with zero attached hydrogens (tertiary/aromatic N) is 2. The predicted octanol–water partition coefficient (Wildman–Crippen LogP) is 3.82. The molecule has 2 aromatic rings. The van der Waals surface area contributed by atoms with Crippen molar-refractivity contribution in [3.63, 3.8) is 0 Å². The zero-order valence-electron chi connectivity index (χ0n) is 18.1. The molecule has 0 spiro atoms. The first-order chi connectivity index (χ1) is 16.3. The number of nitrogens with one attached hydrogen (secondary N) is 2. The molecule has 3 amide bonds. The quantitative estimate of drug-likeness (QED) is 0.177. The number of thioether (sulfide) groups is 1. The monoisotopic (exact) mass is 498 g/mol. The molecule has 1 saturated heterocycles. The number of carbonyl (C=O) groups is 3. The number of hydrazine groups is 1. The summed E-state index contributed by atoms with van der Waals surface area (Å²) in [5.41, 5.74) is 5.61. The van der Waals surface area contributed by atoms with Crippen molar-refractivity contribution in [2.45, 2.75) is 25.7 Å². The molecular formula is C23H22N4O5S2. The normalized spacial score (nSPS) is 14.4. The maximum Gasteiger partial charge on any atom is 0.269 e. The Balaban J connectivity index is 1.34. The van der Waals surface area contributed by atoms with Crippen LogP contribution in [0, 0.1) is 10.1 Å². The van der Waals surface area contributed by atoms with Crippen molar-refractivity contribution >= 4 is 57.8 Å². The van der Waals surface area contributed by atoms with E-state index in [0.717, 1.165) is 5.56 Å². The molecule has 11 heteroatoms. The zero-order valence-corrected chi connectivity index (χ0v) is 19.7. The highest BCUT2D eigenvalue weighted by Crippen LogP contribution is 2.32. The Morgan fingerprint density at radius 2 is 1.74 bits per heavy atom. The molecule has 176 valence electrons. The van der Waals surface area contributed by atoms with E-state index in [1.165, 1.54) is 36.0 Å². The number of hydrogen-bond donors (Lipinski definition) is 2. The highest BCUT2D eigenvalue weighted by atomic mass is 32.2. The van der Waals surface area contributed by atoms with Gasteiger partial charge in [-0.15, -0.1) is 0 Å². The van der Waals surface area contributed by atoms with E-state index < -0.39 is 10.8 Å². The van der Waals surface area contributed by atoms with Gasteiger partial charge in [0.1, 0.15) is 4.32 Å². The van der Waals surface area contributed by atoms with Gasteiger partial charge < -0.3 is 0 Å². The minimum atomic E-state index is -0.568. The molecule has 1 fully saturated rings. The number of carbonyl (C=O) groups excluding carboxylic acids is 3. The number of non-ortho nitro benzene ring substituents is 1. The Bertz CT molecular complexity index is 1120. The molecule has 0 aliphatic carbocycles. The van der Waals surface area contributed by atoms with Crippen LogP contribution in [0.5, 0.6) is 0 Å². The van der Waals surface area contributed by atoms with Gasteiger partial charge in [0.2, 0.25) is 5.91 Å². The molecule has 9 nitrogen and oxygen atoms in total. The SMILES string of the molecule is O=C(CCCCCN1C(=O)C(=Cc2ccccc2)SC1=S)NNC(=O)c1ccc([N+](=O)[O-])cc1. The van der Waals surface area contributed by atoms with E-state index in [-0.39, 0.29) is 29.5 Å². The third-order valence-corrected chi connectivity index (χ3v) is 6.29. The lowest BCUT2D eigenvalue weighted by Crippen LogP contribution is -2.41. The summed E-state index contributed by atoms with van der Waals surface area (Å²) < 4.78 is 0.527. The van der Waals surface area contributed by atoms with Crippen molar-refractivity contribution in [1.29, 1.82) is 0 Å². The number of benzene rings is 2. The Labute approximate surface area is 205 Å². The topological polar surface area (TPSA) is 122 Å². The maximum absolute atomic E-state index is 12.6. The van der Waals surface area contributed by atoms with Crippen LogP contribution < -0.4 is 10.9 Å². The molecule has 0 unspecified atom stereocenters. The number of nitro groups is 1. The smallest absolute Gasteiger partial charge is 0.269 e. The van der Waals surface area contributed by atoms with Gasteiger partial charge in [-0.05, 0) is 36.6 Å². The summed E-state index contributed by atoms with van der Waals surface area (Å²) in [6.45, 7) is 0.481. The van der Waals surface area contributed by atoms with Gasteiger partial charge in [-0.3, -0.25) is 40.2 Å². The fraction of sp³-hybridized carbons (Fsp3) is 0.217. The largest absolute Gasteiger partial charge is 0.293 e. The van der Waals surface area contributed by atoms with E-state index in [2.05, 4.69) is 10.9 Å². The summed E-state index contributed by atoms with van der Waals surface area (Å²) in [6, 6.07) is 14.6. The lowest BCUT2D eigenvalue weighted by Gasteiger charge is -2.14. The summed E-state index contributed by atoms with van der Waals surface area (Å²) >= 11 is 6.63. The van der Waals surface area contributed by atoms with E-state index in [1.807, 2.05) is 36.4 Å². The maximum atomic E-state index is 12.6. The van der Waals surface area contributed by atoms with Crippen LogP contribution in [0.25, 0.3) is 6.08 Å². The van der Waals surface area contributed by atoms with Crippen LogP contribution in [0.15, 0.2) is 59.5 Å². The van der Waals surface area contributed by atoms with Crippen LogP contribution in [-0.4, -0.2) is 38.4 Å². The van der Waals surface area contributed by atoms with E-state index in [1.54, 1.807) is 4.90 Å². The van der Waals surface area contributed by atoms with E-state index in [9.17, 15) is 24.5 Å². The zero-order chi connectivity index (χ0) is 24.5. The molecule has 34 heavy (non-hydrogen) atoms. The molecule has 0 atom stereocenters. The van der Waals surface area contributed by atoms with Crippen LogP contribution in [0.1, 0.15) is 41.6 Å². The second kappa shape index (κ2) is 12.1. The Kier molecular flexibility index (Phi) is 8.88. The lowest BCUT2D eigenvalue weighted by atomic mass is 10.2. The Morgan fingerprint density at radius 3 is 2.41 bits per heavy atom. The summed E-state index contributed by atoms with van der Waals surface area (Å²) in [7, 11) is 0. The van der Waals surface area contributed by atoms with Crippen molar-refractivity contribution < 1.29 is 19.3 Å². The fourth-order valence-electron chi connectivity index (χ4n) is 3.12. The molecule has 0 bridgehead atoms. The van der Waals surface area contributed by atoms with E-state index >= 15 is 0 Å². The Hall–Kier alpha value is -3.57. The minimum absolute atomic E-state index is 0.106. The summed E-state index contributed by atoms with van der Waals surface area (Å²) in [4.78, 5) is 48.8. The van der Waals surface area contributed by atoms with E-state index in [4.69, 9.17) is 12.2 Å². The molecule has 1 aliphatic heterocycles. The van der Waals surface area contributed by atoms with Crippen molar-refractivity contribution in [2.75, 3.05) is 6.54 Å². The molecule has 3 rings (SSSR count). The van der Waals surface area contributed by atoms with Crippen molar-refractivity contribution in [2.24, 2.45) is 0 Å². The number of unbranched alkanes of at least 4 members (excludes halogenated alkanes) is 2. The molecule has 0 aromatic heterocycles. The second-order valence-corrected chi connectivity index (χ2v) is 9.04. The van der Waals surface area contributed by atoms with Gasteiger partial charge in [0.25, 0.3) is 17.5 Å². The molecular weight excluding hydrogens is 476 g/mol. The van der Waals surface area contributed by atoms with E-state index in [0.29, 0.717) is 35.0 Å². The number of rotatable bonds is 9. The number of nitro benzene ring substituents is 1. The fourth-order valence-corrected chi connectivity index (χ4v) is 4.43. The summed E-state index contributed by atoms with van der Waals surface area (Å²) in [6.07, 6.45) is 4.00. The van der Waals surface area contributed by atoms with Crippen LogP contribution in [0.2, 0.25) is 0 Å². The number of thiocarbonyl (C=S) groups is 1. The highest BCUT2D eigenvalue weighted by Gasteiger charge is 2.31. The number of amides is 3. The second-order valence-electron chi connectivity index (χ2n) is 7.36. The highest BCUT2D eigenvalue weighted by molar-refractivity contribution is 8.26. The van der Waals surface area contributed by atoms with Gasteiger partial charge in [0, 0.05) is 30.7 Å². The average molecular weight is 499 g/mol. The minimum Gasteiger partial charge on any atom is -0.293 e. The summed E-state index contributed by atoms with van der Waals surface area (Å²) in [5, 5.41) is 10.7. The number of hydrogen-bond acceptors (Lipinski definition) is 7.